The molecule has 23 heavy (non-hydrogen) atoms. The Bertz CT molecular complexity index is 754. The van der Waals surface area contributed by atoms with E-state index in [4.69, 9.17) is 5.73 Å². The van der Waals surface area contributed by atoms with Gasteiger partial charge in [0, 0.05) is 12.3 Å². The number of hydrogen-bond donors (Lipinski definition) is 4. The second-order valence-corrected chi connectivity index (χ2v) is 5.67. The fourth-order valence-corrected chi connectivity index (χ4v) is 2.84. The van der Waals surface area contributed by atoms with Crippen molar-refractivity contribution < 1.29 is 19.8 Å². The summed E-state index contributed by atoms with van der Waals surface area (Å²) in [7, 11) is 0. The van der Waals surface area contributed by atoms with Gasteiger partial charge in [-0.2, -0.15) is 0 Å². The van der Waals surface area contributed by atoms with E-state index in [2.05, 4.69) is 5.32 Å². The Balaban J connectivity index is 2.01. The lowest BCUT2D eigenvalue weighted by Gasteiger charge is -2.24. The van der Waals surface area contributed by atoms with E-state index in [0.29, 0.717) is 17.6 Å². The molecule has 2 aliphatic rings. The van der Waals surface area contributed by atoms with Crippen molar-refractivity contribution in [2.75, 3.05) is 5.32 Å². The fraction of sp³-hybridized carbons (Fsp3) is 0.250. The molecule has 0 aromatic heterocycles. The van der Waals surface area contributed by atoms with Crippen LogP contribution in [0.5, 0.6) is 5.75 Å². The third kappa shape index (κ3) is 2.55. The number of nitrogens with two attached hydrogens (primary N) is 1. The molecule has 0 bridgehead atoms. The second kappa shape index (κ2) is 5.44. The number of rotatable bonds is 2. The molecule has 0 saturated heterocycles. The Kier molecular flexibility index (Phi) is 3.57. The first kappa shape index (κ1) is 15.1. The number of allylic oxidation sites excluding steroid dienone is 1. The summed E-state index contributed by atoms with van der Waals surface area (Å²) in [5.74, 6) is -0.954. The summed E-state index contributed by atoms with van der Waals surface area (Å²) in [5, 5.41) is 23.3. The number of phenols is 1. The van der Waals surface area contributed by atoms with E-state index >= 15 is 0 Å². The molecule has 0 radical (unpaired) electrons. The van der Waals surface area contributed by atoms with E-state index in [1.54, 1.807) is 25.3 Å². The lowest BCUT2D eigenvalue weighted by Crippen LogP contribution is -2.42. The molecule has 2 amide bonds. The SMILES string of the molecule is Cc1ccc2c(c1O)N[C@H](O)[C@@H]1CC(/C=C/C(N)=O)=CN1C2=O. The number of carbonyl (C=O) groups excluding carboxylic acids is 2. The van der Waals surface area contributed by atoms with E-state index in [-0.39, 0.29) is 22.9 Å². The van der Waals surface area contributed by atoms with E-state index < -0.39 is 18.2 Å². The van der Waals surface area contributed by atoms with Crippen LogP contribution in [0, 0.1) is 6.92 Å². The molecule has 5 N–H and O–H groups in total. The number of nitrogens with zero attached hydrogens (tertiary/aromatic N) is 1. The normalized spacial score (nSPS) is 23.1. The van der Waals surface area contributed by atoms with Crippen LogP contribution in [0.15, 0.2) is 36.1 Å². The molecule has 7 heteroatoms. The van der Waals surface area contributed by atoms with Gasteiger partial charge < -0.3 is 26.2 Å². The van der Waals surface area contributed by atoms with Gasteiger partial charge in [-0.15, -0.1) is 0 Å². The molecule has 7 nitrogen and oxygen atoms in total. The van der Waals surface area contributed by atoms with Gasteiger partial charge in [0.2, 0.25) is 5.91 Å². The minimum absolute atomic E-state index is 0.0473. The highest BCUT2D eigenvalue weighted by Gasteiger charge is 2.39. The summed E-state index contributed by atoms with van der Waals surface area (Å²) in [6.45, 7) is 1.72. The number of phenolic OH excluding ortho intramolecular Hbond substituents is 1. The minimum Gasteiger partial charge on any atom is -0.505 e. The molecule has 0 spiro atoms. The number of hydrogen-bond acceptors (Lipinski definition) is 5. The Morgan fingerprint density at radius 1 is 1.48 bits per heavy atom. The standard InChI is InChI=1S/C16H17N3O4/c1-8-2-4-10-13(14(8)21)18-15(22)11-6-9(3-5-12(17)20)7-19(11)16(10)23/h2-5,7,11,15,18,21-22H,6H2,1H3,(H2,17,20)/b5-3+/t11-,15+/m0/s1. The van der Waals surface area contributed by atoms with Crippen molar-refractivity contribution in [3.63, 3.8) is 0 Å². The van der Waals surface area contributed by atoms with Gasteiger partial charge in [-0.05, 0) is 30.5 Å². The molecule has 0 aliphatic carbocycles. The third-order valence-electron chi connectivity index (χ3n) is 4.07. The van der Waals surface area contributed by atoms with Gasteiger partial charge in [-0.3, -0.25) is 9.59 Å². The maximum absolute atomic E-state index is 12.7. The fourth-order valence-electron chi connectivity index (χ4n) is 2.84. The first-order valence-corrected chi connectivity index (χ1v) is 7.16. The van der Waals surface area contributed by atoms with Crippen molar-refractivity contribution in [2.24, 2.45) is 5.73 Å². The molecular weight excluding hydrogens is 298 g/mol. The zero-order valence-electron chi connectivity index (χ0n) is 12.5. The third-order valence-corrected chi connectivity index (χ3v) is 4.07. The molecule has 0 saturated carbocycles. The molecular formula is C16H17N3O4. The average Bonchev–Trinajstić information content (AvgIpc) is 2.90. The molecule has 2 atom stereocenters. The number of primary amides is 1. The highest BCUT2D eigenvalue weighted by atomic mass is 16.3. The molecule has 3 rings (SSSR count). The smallest absolute Gasteiger partial charge is 0.260 e. The van der Waals surface area contributed by atoms with Crippen LogP contribution in [0.3, 0.4) is 0 Å². The lowest BCUT2D eigenvalue weighted by atomic mass is 10.1. The Morgan fingerprint density at radius 2 is 2.22 bits per heavy atom. The number of anilines is 1. The van der Waals surface area contributed by atoms with Crippen molar-refractivity contribution in [3.05, 3.63) is 47.2 Å². The number of benzene rings is 1. The summed E-state index contributed by atoms with van der Waals surface area (Å²) >= 11 is 0. The van der Waals surface area contributed by atoms with Crippen LogP contribution >= 0.6 is 0 Å². The minimum atomic E-state index is -1.05. The molecule has 0 fully saturated rings. The lowest BCUT2D eigenvalue weighted by molar-refractivity contribution is -0.113. The van der Waals surface area contributed by atoms with Crippen LogP contribution in [-0.4, -0.2) is 39.2 Å². The molecule has 2 heterocycles. The Labute approximate surface area is 132 Å². The van der Waals surface area contributed by atoms with Crippen molar-refractivity contribution in [2.45, 2.75) is 25.6 Å². The number of fused-ring (bicyclic) bond motifs is 2. The number of aromatic hydroxyl groups is 1. The summed E-state index contributed by atoms with van der Waals surface area (Å²) in [4.78, 5) is 25.0. The van der Waals surface area contributed by atoms with Gasteiger partial charge >= 0.3 is 0 Å². The second-order valence-electron chi connectivity index (χ2n) is 5.67. The number of aliphatic hydroxyl groups is 1. The maximum atomic E-state index is 12.7. The number of aliphatic hydroxyl groups excluding tert-OH is 1. The highest BCUT2D eigenvalue weighted by Crippen LogP contribution is 2.38. The van der Waals surface area contributed by atoms with Gasteiger partial charge in [-0.1, -0.05) is 12.1 Å². The largest absolute Gasteiger partial charge is 0.505 e. The van der Waals surface area contributed by atoms with Gasteiger partial charge in [0.1, 0.15) is 12.0 Å². The Morgan fingerprint density at radius 3 is 2.91 bits per heavy atom. The molecule has 1 aromatic carbocycles. The topological polar surface area (TPSA) is 116 Å². The molecule has 1 aromatic rings. The zero-order chi connectivity index (χ0) is 16.7. The number of nitrogens with one attached hydrogen (secondary N) is 1. The van der Waals surface area contributed by atoms with E-state index in [1.165, 1.54) is 17.1 Å². The summed E-state index contributed by atoms with van der Waals surface area (Å²) in [6, 6.07) is 2.73. The summed E-state index contributed by atoms with van der Waals surface area (Å²) in [5.41, 5.74) is 6.91. The number of amides is 2. The highest BCUT2D eigenvalue weighted by molar-refractivity contribution is 6.03. The van der Waals surface area contributed by atoms with Crippen molar-refractivity contribution >= 4 is 17.5 Å². The first-order chi connectivity index (χ1) is 10.9. The zero-order valence-corrected chi connectivity index (χ0v) is 12.5. The van der Waals surface area contributed by atoms with Crippen LogP contribution in [0.1, 0.15) is 22.3 Å². The average molecular weight is 315 g/mol. The van der Waals surface area contributed by atoms with Gasteiger partial charge in [0.25, 0.3) is 5.91 Å². The quantitative estimate of drug-likeness (QED) is 0.471. The first-order valence-electron chi connectivity index (χ1n) is 7.16. The number of aryl methyl sites for hydroxylation is 1. The predicted molar refractivity (Wildman–Crippen MR) is 83.5 cm³/mol. The van der Waals surface area contributed by atoms with Crippen LogP contribution in [0.2, 0.25) is 0 Å². The van der Waals surface area contributed by atoms with Gasteiger partial charge in [0.15, 0.2) is 0 Å². The molecule has 0 unspecified atom stereocenters. The van der Waals surface area contributed by atoms with E-state index in [9.17, 15) is 19.8 Å². The van der Waals surface area contributed by atoms with Crippen LogP contribution in [0.25, 0.3) is 0 Å². The molecule has 120 valence electrons. The van der Waals surface area contributed by atoms with Crippen molar-refractivity contribution in [1.82, 2.24) is 4.90 Å². The van der Waals surface area contributed by atoms with Gasteiger partial charge in [0.05, 0.1) is 17.3 Å². The van der Waals surface area contributed by atoms with Crippen LogP contribution in [0.4, 0.5) is 5.69 Å². The summed E-state index contributed by atoms with van der Waals surface area (Å²) < 4.78 is 0. The number of carbonyl (C=O) groups is 2. The van der Waals surface area contributed by atoms with Crippen molar-refractivity contribution in [1.29, 1.82) is 0 Å². The molecule has 2 aliphatic heterocycles. The van der Waals surface area contributed by atoms with Gasteiger partial charge in [-0.25, -0.2) is 0 Å². The Hall–Kier alpha value is -2.80. The summed E-state index contributed by atoms with van der Waals surface area (Å²) in [6.07, 6.45) is 3.65. The monoisotopic (exact) mass is 315 g/mol. The predicted octanol–water partition coefficient (Wildman–Crippen LogP) is 0.584. The van der Waals surface area contributed by atoms with E-state index in [0.717, 1.165) is 0 Å². The van der Waals surface area contributed by atoms with E-state index in [1.807, 2.05) is 0 Å². The maximum Gasteiger partial charge on any atom is 0.260 e. The van der Waals surface area contributed by atoms with Crippen LogP contribution < -0.4 is 11.1 Å². The van der Waals surface area contributed by atoms with Crippen LogP contribution in [-0.2, 0) is 4.79 Å². The van der Waals surface area contributed by atoms with Crippen molar-refractivity contribution in [3.8, 4) is 5.75 Å².